The predicted molar refractivity (Wildman–Crippen MR) is 229 cm³/mol. The lowest BCUT2D eigenvalue weighted by atomic mass is 9.57. The van der Waals surface area contributed by atoms with Gasteiger partial charge in [0.25, 0.3) is 0 Å². The third-order valence-electron chi connectivity index (χ3n) is 14.9. The molecule has 5 aliphatic heterocycles. The Morgan fingerprint density at radius 1 is 0.687 bits per heavy atom. The number of carbonyl (C=O) groups is 5. The SMILES string of the molecule is C[C@H]1O[C@@H](O[C@H]2CC[C@@H](O[C@]3(C)CC(=O)[C@@]4(O)C5=C(C=C[C@@]4(O)C3)C(=O)c3c(ccc([C@H]4C[C@@H](O)[C@H](O[C@@H]6CC[C@H](O[C@H]7CCC(=O)[C@@H](C)O7)[C@@H](C)O6)[C@@H](C)O4)c3O)C5=O)O[C@@H]2C)CCC1=O. The molecular formula is C49H62O18. The summed E-state index contributed by atoms with van der Waals surface area (Å²) in [6.45, 7) is 10.4. The number of aromatic hydroxyl groups is 1. The van der Waals surface area contributed by atoms with E-state index in [1.807, 2.05) is 13.8 Å². The number of ether oxygens (including phenoxy) is 9. The number of phenolic OH excluding ortho intramolecular Hbond substituents is 1. The van der Waals surface area contributed by atoms with Crippen LogP contribution in [0.15, 0.2) is 35.4 Å². The maximum atomic E-state index is 14.4. The quantitative estimate of drug-likeness (QED) is 0.275. The molecule has 18 nitrogen and oxygen atoms in total. The van der Waals surface area contributed by atoms with E-state index in [9.17, 15) is 44.4 Å². The van der Waals surface area contributed by atoms with Crippen LogP contribution < -0.4 is 0 Å². The Bertz CT molecular complexity index is 2230. The average molecular weight is 939 g/mol. The highest BCUT2D eigenvalue weighted by atomic mass is 16.7. The molecule has 17 atom stereocenters. The topological polar surface area (TPSA) is 249 Å². The summed E-state index contributed by atoms with van der Waals surface area (Å²) in [6, 6.07) is 2.71. The lowest BCUT2D eigenvalue weighted by Crippen LogP contribution is -2.69. The Labute approximate surface area is 388 Å². The molecule has 0 unspecified atom stereocenters. The third kappa shape index (κ3) is 8.84. The van der Waals surface area contributed by atoms with Crippen LogP contribution in [-0.4, -0.2) is 146 Å². The molecule has 0 radical (unpaired) electrons. The second kappa shape index (κ2) is 18.3. The molecule has 4 N–H and O–H groups in total. The summed E-state index contributed by atoms with van der Waals surface area (Å²) in [5.74, 6) is -3.17. The predicted octanol–water partition coefficient (Wildman–Crippen LogP) is 3.84. The highest BCUT2D eigenvalue weighted by Crippen LogP contribution is 2.53. The number of aliphatic hydroxyl groups is 3. The van der Waals surface area contributed by atoms with Crippen LogP contribution in [-0.2, 0) is 57.0 Å². The van der Waals surface area contributed by atoms with Crippen LogP contribution in [0.1, 0.15) is 145 Å². The van der Waals surface area contributed by atoms with E-state index in [0.29, 0.717) is 51.4 Å². The molecule has 1 aromatic carbocycles. The molecule has 5 heterocycles. The van der Waals surface area contributed by atoms with Gasteiger partial charge in [0, 0.05) is 74.5 Å². The molecule has 18 heteroatoms. The van der Waals surface area contributed by atoms with Crippen molar-refractivity contribution >= 4 is 28.9 Å². The standard InChI is InChI=1S/C49H62O18/c1-22-30(50)9-13-37(60-22)64-33-11-15-39(62-24(33)3)66-46-26(5)59-35(19-32(46)52)27-7-8-28-41(43(27)54)44(55)29-17-18-48(57)21-47(6,20-36(53)49(48,58)42(29)45(28)56)67-40-16-12-34(25(4)63-40)65-38-14-10-31(51)23(2)61-38/h7-8,17-18,22-26,32-35,37-40,46,52,54,57-58H,9-16,19-21H2,1-6H3/t22-,23-,24-,25-,26-,32-,33+,34+,35-,37+,38+,39-,40-,46-,47-,48-,49-/m1/s1. The number of fused-ring (bicyclic) bond motifs is 3. The van der Waals surface area contributed by atoms with E-state index in [4.69, 9.17) is 42.6 Å². The molecule has 8 aliphatic rings. The number of aliphatic hydroxyl groups excluding tert-OH is 1. The summed E-state index contributed by atoms with van der Waals surface area (Å²) >= 11 is 0. The third-order valence-corrected chi connectivity index (χ3v) is 14.9. The Balaban J connectivity index is 0.838. The van der Waals surface area contributed by atoms with Gasteiger partial charge in [0.1, 0.15) is 29.7 Å². The van der Waals surface area contributed by atoms with Gasteiger partial charge < -0.3 is 63.1 Å². The van der Waals surface area contributed by atoms with Crippen LogP contribution in [0.4, 0.5) is 0 Å². The van der Waals surface area contributed by atoms with Gasteiger partial charge in [0.15, 0.2) is 59.7 Å². The maximum absolute atomic E-state index is 14.4. The van der Waals surface area contributed by atoms with Gasteiger partial charge in [-0.1, -0.05) is 12.1 Å². The number of hydrogen-bond donors (Lipinski definition) is 4. The van der Waals surface area contributed by atoms with E-state index in [0.717, 1.165) is 6.08 Å². The van der Waals surface area contributed by atoms with Crippen molar-refractivity contribution in [2.45, 2.75) is 215 Å². The van der Waals surface area contributed by atoms with E-state index in [2.05, 4.69) is 0 Å². The fraction of sp³-hybridized carbons (Fsp3) is 0.694. The number of rotatable bonds is 9. The first kappa shape index (κ1) is 48.4. The molecule has 9 rings (SSSR count). The van der Waals surface area contributed by atoms with Gasteiger partial charge in [0.2, 0.25) is 0 Å². The Hall–Kier alpha value is -3.63. The van der Waals surface area contributed by atoms with Crippen molar-refractivity contribution in [2.75, 3.05) is 0 Å². The Morgan fingerprint density at radius 2 is 1.27 bits per heavy atom. The lowest BCUT2D eigenvalue weighted by molar-refractivity contribution is -0.298. The molecule has 366 valence electrons. The zero-order valence-electron chi connectivity index (χ0n) is 38.7. The zero-order valence-corrected chi connectivity index (χ0v) is 38.7. The number of ketones is 5. The minimum atomic E-state index is -2.82. The second-order valence-corrected chi connectivity index (χ2v) is 19.9. The number of benzene rings is 1. The first-order valence-electron chi connectivity index (χ1n) is 23.7. The van der Waals surface area contributed by atoms with Crippen molar-refractivity contribution < 1.29 is 87.0 Å². The van der Waals surface area contributed by atoms with E-state index in [-0.39, 0.29) is 65.0 Å². The minimum Gasteiger partial charge on any atom is -0.507 e. The van der Waals surface area contributed by atoms with E-state index in [1.165, 1.54) is 18.2 Å². The van der Waals surface area contributed by atoms with E-state index >= 15 is 0 Å². The summed E-state index contributed by atoms with van der Waals surface area (Å²) in [7, 11) is 0. The van der Waals surface area contributed by atoms with Crippen molar-refractivity contribution in [2.24, 2.45) is 0 Å². The summed E-state index contributed by atoms with van der Waals surface area (Å²) in [5.41, 5.74) is -7.98. The highest BCUT2D eigenvalue weighted by molar-refractivity contribution is 6.32. The van der Waals surface area contributed by atoms with Crippen LogP contribution in [0.2, 0.25) is 0 Å². The van der Waals surface area contributed by atoms with Crippen molar-refractivity contribution in [3.63, 3.8) is 0 Å². The molecule has 0 bridgehead atoms. The van der Waals surface area contributed by atoms with Crippen LogP contribution in [0, 0.1) is 0 Å². The summed E-state index contributed by atoms with van der Waals surface area (Å²) in [6.07, 6.45) is -3.45. The first-order valence-corrected chi connectivity index (χ1v) is 23.7. The average Bonchev–Trinajstić information content (AvgIpc) is 3.26. The smallest absolute Gasteiger partial charge is 0.198 e. The summed E-state index contributed by atoms with van der Waals surface area (Å²) < 4.78 is 54.9. The Morgan fingerprint density at radius 3 is 1.85 bits per heavy atom. The largest absolute Gasteiger partial charge is 0.507 e. The fourth-order valence-corrected chi connectivity index (χ4v) is 11.2. The van der Waals surface area contributed by atoms with Crippen LogP contribution in [0.25, 0.3) is 0 Å². The minimum absolute atomic E-state index is 0.0256. The van der Waals surface area contributed by atoms with Crippen LogP contribution >= 0.6 is 0 Å². The van der Waals surface area contributed by atoms with Crippen molar-refractivity contribution in [1.29, 1.82) is 0 Å². The molecule has 0 spiro atoms. The normalized spacial score (nSPS) is 43.7. The number of allylic oxidation sites excluding steroid dienone is 2. The monoisotopic (exact) mass is 938 g/mol. The first-order chi connectivity index (χ1) is 31.7. The fourth-order valence-electron chi connectivity index (χ4n) is 11.2. The van der Waals surface area contributed by atoms with Gasteiger partial charge in [0.05, 0.1) is 59.5 Å². The van der Waals surface area contributed by atoms with Gasteiger partial charge in [-0.15, -0.1) is 0 Å². The van der Waals surface area contributed by atoms with Gasteiger partial charge in [-0.25, -0.2) is 0 Å². The van der Waals surface area contributed by atoms with Gasteiger partial charge >= 0.3 is 0 Å². The van der Waals surface area contributed by atoms with Crippen LogP contribution in [0.3, 0.4) is 0 Å². The molecule has 1 saturated carbocycles. The summed E-state index contributed by atoms with van der Waals surface area (Å²) in [4.78, 5) is 66.7. The van der Waals surface area contributed by atoms with Crippen molar-refractivity contribution in [3.8, 4) is 5.75 Å². The Kier molecular flexibility index (Phi) is 13.2. The number of carbonyl (C=O) groups excluding carboxylic acids is 5. The maximum Gasteiger partial charge on any atom is 0.198 e. The molecule has 5 saturated heterocycles. The van der Waals surface area contributed by atoms with Crippen molar-refractivity contribution in [3.05, 3.63) is 52.1 Å². The molecule has 67 heavy (non-hydrogen) atoms. The molecule has 0 aromatic heterocycles. The lowest BCUT2D eigenvalue weighted by Gasteiger charge is -2.53. The molecular weight excluding hydrogens is 877 g/mol. The number of Topliss-reactive ketones (excluding diaryl/α,β-unsaturated/α-hetero) is 5. The number of phenols is 1. The van der Waals surface area contributed by atoms with Crippen molar-refractivity contribution in [1.82, 2.24) is 0 Å². The second-order valence-electron chi connectivity index (χ2n) is 19.9. The molecule has 1 aromatic rings. The highest BCUT2D eigenvalue weighted by Gasteiger charge is 2.67. The van der Waals surface area contributed by atoms with Gasteiger partial charge in [-0.05, 0) is 66.5 Å². The molecule has 0 amide bonds. The van der Waals surface area contributed by atoms with Gasteiger partial charge in [-0.3, -0.25) is 24.0 Å². The van der Waals surface area contributed by atoms with Gasteiger partial charge in [-0.2, -0.15) is 0 Å². The number of hydrogen-bond acceptors (Lipinski definition) is 18. The summed E-state index contributed by atoms with van der Waals surface area (Å²) in [5, 5.41) is 47.6. The van der Waals surface area contributed by atoms with E-state index < -0.39 is 120 Å². The van der Waals surface area contributed by atoms with Crippen LogP contribution in [0.5, 0.6) is 5.75 Å². The van der Waals surface area contributed by atoms with E-state index in [1.54, 1.807) is 27.7 Å². The zero-order chi connectivity index (χ0) is 47.9. The molecule has 6 fully saturated rings. The molecule has 3 aliphatic carbocycles.